The molecule has 1 saturated heterocycles. The van der Waals surface area contributed by atoms with E-state index in [0.717, 1.165) is 5.56 Å². The van der Waals surface area contributed by atoms with Crippen molar-refractivity contribution in [3.8, 4) is 0 Å². The minimum Gasteiger partial charge on any atom is -0.338 e. The van der Waals surface area contributed by atoms with E-state index in [1.54, 1.807) is 0 Å². The first-order valence-electron chi connectivity index (χ1n) is 7.11. The zero-order chi connectivity index (χ0) is 14.9. The van der Waals surface area contributed by atoms with Crippen LogP contribution in [0.25, 0.3) is 0 Å². The Hall–Kier alpha value is -1.84. The van der Waals surface area contributed by atoms with Crippen LogP contribution < -0.4 is 10.6 Å². The predicted molar refractivity (Wildman–Crippen MR) is 81.7 cm³/mol. The van der Waals surface area contributed by atoms with Crippen molar-refractivity contribution in [3.63, 3.8) is 0 Å². The molecule has 0 spiro atoms. The fourth-order valence-electron chi connectivity index (χ4n) is 2.28. The summed E-state index contributed by atoms with van der Waals surface area (Å²) in [6, 6.07) is 8.33. The third kappa shape index (κ3) is 2.69. The number of benzene rings is 1. The molecule has 1 aromatic rings. The van der Waals surface area contributed by atoms with Crippen LogP contribution in [-0.4, -0.2) is 17.9 Å². The Balaban J connectivity index is 2.29. The molecule has 0 aliphatic carbocycles. The lowest BCUT2D eigenvalue weighted by atomic mass is 9.90. The van der Waals surface area contributed by atoms with Crippen LogP contribution in [0.4, 0.5) is 0 Å². The fourth-order valence-corrected chi connectivity index (χ4v) is 2.28. The number of aliphatic imine (C=N–C) groups is 1. The average Bonchev–Trinajstić information content (AvgIpc) is 2.65. The van der Waals surface area contributed by atoms with E-state index in [4.69, 9.17) is 0 Å². The van der Waals surface area contributed by atoms with E-state index < -0.39 is 5.54 Å². The molecule has 1 aromatic carbocycles. The molecule has 1 fully saturated rings. The molecule has 2 rings (SSSR count). The van der Waals surface area contributed by atoms with Gasteiger partial charge in [0.05, 0.1) is 0 Å². The topological polar surface area (TPSA) is 53.5 Å². The molecule has 2 N–H and O–H groups in total. The molecule has 4 nitrogen and oxygen atoms in total. The number of nitrogens with one attached hydrogen (secondary N) is 2. The Morgan fingerprint density at radius 3 is 2.20 bits per heavy atom. The van der Waals surface area contributed by atoms with Gasteiger partial charge in [-0.3, -0.25) is 15.1 Å². The number of carbonyl (C=O) groups is 1. The van der Waals surface area contributed by atoms with Crippen LogP contribution in [0.2, 0.25) is 0 Å². The standard InChI is InChI=1S/C16H23N3O/c1-10(2)12-6-8-13(9-7-12)16(5)14(20)18-15(19-16)17-11(3)4/h6-11H,1-5H3,(H2,17,18,19,20). The molecule has 1 aliphatic heterocycles. The van der Waals surface area contributed by atoms with Gasteiger partial charge in [-0.05, 0) is 37.8 Å². The smallest absolute Gasteiger partial charge is 0.256 e. The average molecular weight is 273 g/mol. The predicted octanol–water partition coefficient (Wildman–Crippen LogP) is 2.51. The van der Waals surface area contributed by atoms with Crippen molar-refractivity contribution in [3.05, 3.63) is 35.4 Å². The summed E-state index contributed by atoms with van der Waals surface area (Å²) in [7, 11) is 0. The van der Waals surface area contributed by atoms with Crippen molar-refractivity contribution in [1.29, 1.82) is 0 Å². The molecular weight excluding hydrogens is 250 g/mol. The van der Waals surface area contributed by atoms with Gasteiger partial charge < -0.3 is 5.32 Å². The lowest BCUT2D eigenvalue weighted by Crippen LogP contribution is -2.40. The Bertz CT molecular complexity index is 531. The summed E-state index contributed by atoms with van der Waals surface area (Å²) in [5.41, 5.74) is 1.48. The number of hydrogen-bond donors (Lipinski definition) is 2. The van der Waals surface area contributed by atoms with Crippen molar-refractivity contribution < 1.29 is 4.79 Å². The second-order valence-corrected chi connectivity index (χ2v) is 6.05. The third-order valence-corrected chi connectivity index (χ3v) is 3.60. The quantitative estimate of drug-likeness (QED) is 0.889. The largest absolute Gasteiger partial charge is 0.338 e. The van der Waals surface area contributed by atoms with E-state index in [1.165, 1.54) is 5.56 Å². The molecular formula is C16H23N3O. The number of hydrogen-bond acceptors (Lipinski definition) is 2. The van der Waals surface area contributed by atoms with E-state index in [2.05, 4.69) is 41.6 Å². The van der Waals surface area contributed by atoms with E-state index in [9.17, 15) is 4.79 Å². The summed E-state index contributed by atoms with van der Waals surface area (Å²) in [4.78, 5) is 16.6. The molecule has 1 aliphatic rings. The van der Waals surface area contributed by atoms with Crippen LogP contribution >= 0.6 is 0 Å². The molecule has 108 valence electrons. The van der Waals surface area contributed by atoms with Gasteiger partial charge in [0.25, 0.3) is 5.91 Å². The van der Waals surface area contributed by atoms with E-state index in [1.807, 2.05) is 32.9 Å². The van der Waals surface area contributed by atoms with Crippen molar-refractivity contribution >= 4 is 11.9 Å². The van der Waals surface area contributed by atoms with E-state index in [0.29, 0.717) is 11.9 Å². The highest BCUT2D eigenvalue weighted by molar-refractivity contribution is 6.09. The lowest BCUT2D eigenvalue weighted by Gasteiger charge is -2.22. The third-order valence-electron chi connectivity index (χ3n) is 3.60. The minimum atomic E-state index is -0.747. The van der Waals surface area contributed by atoms with E-state index >= 15 is 0 Å². The Morgan fingerprint density at radius 2 is 1.70 bits per heavy atom. The second-order valence-electron chi connectivity index (χ2n) is 6.05. The van der Waals surface area contributed by atoms with Gasteiger partial charge in [-0.1, -0.05) is 38.1 Å². The van der Waals surface area contributed by atoms with Crippen molar-refractivity contribution in [2.24, 2.45) is 4.99 Å². The van der Waals surface area contributed by atoms with Gasteiger partial charge in [0, 0.05) is 6.04 Å². The maximum Gasteiger partial charge on any atom is 0.256 e. The van der Waals surface area contributed by atoms with E-state index in [-0.39, 0.29) is 11.9 Å². The highest BCUT2D eigenvalue weighted by Crippen LogP contribution is 2.26. The summed E-state index contributed by atoms with van der Waals surface area (Å²) in [6.07, 6.45) is 0. The number of rotatable bonds is 3. The first-order chi connectivity index (χ1) is 9.33. The Morgan fingerprint density at radius 1 is 1.10 bits per heavy atom. The highest BCUT2D eigenvalue weighted by Gasteiger charge is 2.42. The van der Waals surface area contributed by atoms with Crippen LogP contribution in [0.15, 0.2) is 29.3 Å². The fraction of sp³-hybridized carbons (Fsp3) is 0.500. The SMILES string of the molecule is CC(C)N=C1NC(=O)C(C)(c2ccc(C(C)C)cc2)N1. The maximum atomic E-state index is 12.3. The van der Waals surface area contributed by atoms with Crippen molar-refractivity contribution in [2.45, 2.75) is 52.1 Å². The summed E-state index contributed by atoms with van der Waals surface area (Å²) in [5, 5.41) is 6.01. The molecule has 1 unspecified atom stereocenters. The summed E-state index contributed by atoms with van der Waals surface area (Å²) in [5.74, 6) is 0.981. The normalized spacial score (nSPS) is 24.4. The zero-order valence-electron chi connectivity index (χ0n) is 12.8. The molecule has 0 saturated carbocycles. The summed E-state index contributed by atoms with van der Waals surface area (Å²) in [6.45, 7) is 10.2. The van der Waals surface area contributed by atoms with Gasteiger partial charge >= 0.3 is 0 Å². The molecule has 1 atom stereocenters. The lowest BCUT2D eigenvalue weighted by molar-refractivity contribution is -0.123. The van der Waals surface area contributed by atoms with Gasteiger partial charge in [-0.2, -0.15) is 0 Å². The molecule has 1 amide bonds. The number of carbonyl (C=O) groups excluding carboxylic acids is 1. The monoisotopic (exact) mass is 273 g/mol. The molecule has 0 bridgehead atoms. The number of guanidine groups is 1. The molecule has 0 aromatic heterocycles. The summed E-state index contributed by atoms with van der Waals surface area (Å²) >= 11 is 0. The Kier molecular flexibility index (Phi) is 3.84. The van der Waals surface area contributed by atoms with Crippen LogP contribution in [0.3, 0.4) is 0 Å². The number of nitrogens with zero attached hydrogens (tertiary/aromatic N) is 1. The van der Waals surface area contributed by atoms with Gasteiger partial charge in [-0.15, -0.1) is 0 Å². The zero-order valence-corrected chi connectivity index (χ0v) is 12.8. The van der Waals surface area contributed by atoms with Crippen LogP contribution in [0.1, 0.15) is 51.7 Å². The first-order valence-corrected chi connectivity index (χ1v) is 7.11. The van der Waals surface area contributed by atoms with Crippen LogP contribution in [-0.2, 0) is 10.3 Å². The summed E-state index contributed by atoms with van der Waals surface area (Å²) < 4.78 is 0. The molecule has 1 heterocycles. The molecule has 4 heteroatoms. The van der Waals surface area contributed by atoms with Crippen LogP contribution in [0.5, 0.6) is 0 Å². The van der Waals surface area contributed by atoms with Gasteiger partial charge in [0.15, 0.2) is 5.96 Å². The Labute approximate surface area is 120 Å². The van der Waals surface area contributed by atoms with Gasteiger partial charge in [0.2, 0.25) is 0 Å². The highest BCUT2D eigenvalue weighted by atomic mass is 16.2. The number of amides is 1. The molecule has 20 heavy (non-hydrogen) atoms. The van der Waals surface area contributed by atoms with Crippen molar-refractivity contribution in [1.82, 2.24) is 10.6 Å². The van der Waals surface area contributed by atoms with Crippen molar-refractivity contribution in [2.75, 3.05) is 0 Å². The molecule has 0 radical (unpaired) electrons. The van der Waals surface area contributed by atoms with Crippen LogP contribution in [0, 0.1) is 0 Å². The van der Waals surface area contributed by atoms with Gasteiger partial charge in [0.1, 0.15) is 5.54 Å². The first kappa shape index (κ1) is 14.6. The van der Waals surface area contributed by atoms with Gasteiger partial charge in [-0.25, -0.2) is 0 Å². The second kappa shape index (κ2) is 5.27. The minimum absolute atomic E-state index is 0.0609. The maximum absolute atomic E-state index is 12.3.